The predicted octanol–water partition coefficient (Wildman–Crippen LogP) is 1.43. The summed E-state index contributed by atoms with van der Waals surface area (Å²) in [6, 6.07) is 4.56. The van der Waals surface area contributed by atoms with E-state index in [1.165, 1.54) is 6.07 Å². The van der Waals surface area contributed by atoms with E-state index in [4.69, 9.17) is 5.84 Å². The van der Waals surface area contributed by atoms with E-state index in [0.717, 1.165) is 5.56 Å². The van der Waals surface area contributed by atoms with Crippen LogP contribution in [0.15, 0.2) is 27.7 Å². The first kappa shape index (κ1) is 10.1. The van der Waals surface area contributed by atoms with Crippen LogP contribution < -0.4 is 11.3 Å². The summed E-state index contributed by atoms with van der Waals surface area (Å²) >= 11 is 3.07. The highest BCUT2D eigenvalue weighted by Gasteiger charge is 2.04. The van der Waals surface area contributed by atoms with Crippen molar-refractivity contribution in [1.29, 1.82) is 0 Å². The molecule has 0 spiro atoms. The Morgan fingerprint density at radius 2 is 2.31 bits per heavy atom. The van der Waals surface area contributed by atoms with Gasteiger partial charge in [-0.05, 0) is 34.1 Å². The Morgan fingerprint density at radius 3 is 2.77 bits per heavy atom. The fourth-order valence-electron chi connectivity index (χ4n) is 0.920. The molecule has 0 bridgehead atoms. The van der Waals surface area contributed by atoms with Gasteiger partial charge in [-0.15, -0.1) is 0 Å². The molecule has 0 amide bonds. The number of halogens is 2. The molecule has 0 fully saturated rings. The topological polar surface area (TPSA) is 50.4 Å². The molecule has 3 N–H and O–H groups in total. The zero-order valence-corrected chi connectivity index (χ0v) is 8.60. The van der Waals surface area contributed by atoms with Gasteiger partial charge in [0, 0.05) is 12.6 Å². The van der Waals surface area contributed by atoms with Gasteiger partial charge in [0.1, 0.15) is 11.7 Å². The van der Waals surface area contributed by atoms with E-state index in [1.54, 1.807) is 19.2 Å². The number of nitrogens with one attached hydrogen (secondary N) is 1. The number of nitrogens with zero attached hydrogens (tertiary/aromatic N) is 1. The molecule has 5 heteroatoms. The second-order valence-electron chi connectivity index (χ2n) is 2.35. The summed E-state index contributed by atoms with van der Waals surface area (Å²) < 4.78 is 13.2. The predicted molar refractivity (Wildman–Crippen MR) is 53.9 cm³/mol. The van der Waals surface area contributed by atoms with Crippen molar-refractivity contribution in [3.63, 3.8) is 0 Å². The summed E-state index contributed by atoms with van der Waals surface area (Å²) in [6.07, 6.45) is 0. The van der Waals surface area contributed by atoms with Gasteiger partial charge in [-0.2, -0.15) is 0 Å². The average Bonchev–Trinajstić information content (AvgIpc) is 2.13. The van der Waals surface area contributed by atoms with Gasteiger partial charge in [0.25, 0.3) is 0 Å². The van der Waals surface area contributed by atoms with Gasteiger partial charge >= 0.3 is 0 Å². The van der Waals surface area contributed by atoms with E-state index in [1.807, 2.05) is 0 Å². The molecule has 0 radical (unpaired) electrons. The third-order valence-electron chi connectivity index (χ3n) is 1.55. The molecular formula is C8H9BrFN3. The molecule has 0 atom stereocenters. The lowest BCUT2D eigenvalue weighted by Crippen LogP contribution is -2.30. The van der Waals surface area contributed by atoms with Crippen molar-refractivity contribution in [2.75, 3.05) is 7.05 Å². The highest BCUT2D eigenvalue weighted by Crippen LogP contribution is 2.16. The first-order valence-corrected chi connectivity index (χ1v) is 4.37. The first-order chi connectivity index (χ1) is 6.19. The van der Waals surface area contributed by atoms with Crippen LogP contribution in [0.25, 0.3) is 0 Å². The highest BCUT2D eigenvalue weighted by molar-refractivity contribution is 9.10. The number of amidine groups is 1. The number of hydrazine groups is 1. The van der Waals surface area contributed by atoms with Gasteiger partial charge in [-0.25, -0.2) is 10.2 Å². The lowest BCUT2D eigenvalue weighted by molar-refractivity contribution is 0.621. The fraction of sp³-hybridized carbons (Fsp3) is 0.125. The van der Waals surface area contributed by atoms with E-state index >= 15 is 0 Å². The number of aliphatic imine (C=N–C) groups is 1. The van der Waals surface area contributed by atoms with E-state index in [2.05, 4.69) is 26.3 Å². The maximum atomic E-state index is 12.8. The maximum Gasteiger partial charge on any atom is 0.142 e. The molecule has 0 unspecified atom stereocenters. The lowest BCUT2D eigenvalue weighted by Gasteiger charge is -2.04. The second-order valence-corrected chi connectivity index (χ2v) is 3.20. The zero-order chi connectivity index (χ0) is 9.84. The number of rotatable bonds is 1. The standard InChI is InChI=1S/C8H9BrFN3/c1-12-8(13-11)5-2-3-7(10)6(9)4-5/h2-4H,11H2,1H3,(H,12,13). The van der Waals surface area contributed by atoms with Crippen molar-refractivity contribution in [3.8, 4) is 0 Å². The van der Waals surface area contributed by atoms with Gasteiger partial charge < -0.3 is 5.43 Å². The van der Waals surface area contributed by atoms with Crippen LogP contribution in [0.4, 0.5) is 4.39 Å². The first-order valence-electron chi connectivity index (χ1n) is 3.58. The molecule has 3 nitrogen and oxygen atoms in total. The van der Waals surface area contributed by atoms with Crippen molar-refractivity contribution >= 4 is 21.8 Å². The van der Waals surface area contributed by atoms with Crippen LogP contribution in [0, 0.1) is 5.82 Å². The van der Waals surface area contributed by atoms with Gasteiger partial charge in [0.15, 0.2) is 0 Å². The third-order valence-corrected chi connectivity index (χ3v) is 2.16. The molecule has 1 aromatic rings. The maximum absolute atomic E-state index is 12.8. The van der Waals surface area contributed by atoms with Gasteiger partial charge in [0.05, 0.1) is 4.47 Å². The molecule has 0 aliphatic carbocycles. The molecule has 0 aliphatic rings. The number of hydrogen-bond acceptors (Lipinski definition) is 2. The summed E-state index contributed by atoms with van der Waals surface area (Å²) in [5, 5.41) is 0. The van der Waals surface area contributed by atoms with Crippen LogP contribution >= 0.6 is 15.9 Å². The molecular weight excluding hydrogens is 237 g/mol. The number of benzene rings is 1. The van der Waals surface area contributed by atoms with Crippen molar-refractivity contribution in [3.05, 3.63) is 34.1 Å². The van der Waals surface area contributed by atoms with Crippen LogP contribution in [0.1, 0.15) is 5.56 Å². The molecule has 70 valence electrons. The average molecular weight is 246 g/mol. The quantitative estimate of drug-likeness (QED) is 0.341. The smallest absolute Gasteiger partial charge is 0.142 e. The number of nitrogens with two attached hydrogens (primary N) is 1. The molecule has 1 aromatic carbocycles. The van der Waals surface area contributed by atoms with Crippen molar-refractivity contribution in [2.45, 2.75) is 0 Å². The summed E-state index contributed by atoms with van der Waals surface area (Å²) in [5.41, 5.74) is 3.16. The molecule has 0 heterocycles. The van der Waals surface area contributed by atoms with E-state index in [9.17, 15) is 4.39 Å². The van der Waals surface area contributed by atoms with Crippen molar-refractivity contribution in [1.82, 2.24) is 5.43 Å². The summed E-state index contributed by atoms with van der Waals surface area (Å²) in [5.74, 6) is 5.42. The Morgan fingerprint density at radius 1 is 1.62 bits per heavy atom. The Balaban J connectivity index is 3.10. The Bertz CT molecular complexity index is 338. The minimum Gasteiger partial charge on any atom is -0.308 e. The monoisotopic (exact) mass is 245 g/mol. The van der Waals surface area contributed by atoms with Crippen LogP contribution in [-0.2, 0) is 0 Å². The van der Waals surface area contributed by atoms with Crippen molar-refractivity contribution < 1.29 is 4.39 Å². The molecule has 0 saturated carbocycles. The van der Waals surface area contributed by atoms with Gasteiger partial charge in [0.2, 0.25) is 0 Å². The summed E-state index contributed by atoms with van der Waals surface area (Å²) in [7, 11) is 1.60. The van der Waals surface area contributed by atoms with E-state index < -0.39 is 0 Å². The minimum atomic E-state index is -0.309. The molecule has 13 heavy (non-hydrogen) atoms. The van der Waals surface area contributed by atoms with Crippen molar-refractivity contribution in [2.24, 2.45) is 10.8 Å². The number of hydrogen-bond donors (Lipinski definition) is 2. The van der Waals surface area contributed by atoms with Gasteiger partial charge in [-0.1, -0.05) is 0 Å². The molecule has 1 rings (SSSR count). The Kier molecular flexibility index (Phi) is 3.39. The normalized spacial score (nSPS) is 11.5. The Hall–Kier alpha value is -0.940. The van der Waals surface area contributed by atoms with Gasteiger partial charge in [-0.3, -0.25) is 4.99 Å². The van der Waals surface area contributed by atoms with Crippen LogP contribution in [0.2, 0.25) is 0 Å². The molecule has 0 aromatic heterocycles. The SMILES string of the molecule is CN=C(NN)c1ccc(F)c(Br)c1. The van der Waals surface area contributed by atoms with Crippen LogP contribution in [0.5, 0.6) is 0 Å². The summed E-state index contributed by atoms with van der Waals surface area (Å²) in [4.78, 5) is 3.88. The fourth-order valence-corrected chi connectivity index (χ4v) is 1.30. The van der Waals surface area contributed by atoms with Crippen LogP contribution in [0.3, 0.4) is 0 Å². The zero-order valence-electron chi connectivity index (χ0n) is 7.01. The third kappa shape index (κ3) is 2.26. The molecule has 0 aliphatic heterocycles. The van der Waals surface area contributed by atoms with E-state index in [0.29, 0.717) is 10.3 Å². The lowest BCUT2D eigenvalue weighted by atomic mass is 10.2. The largest absolute Gasteiger partial charge is 0.308 e. The highest BCUT2D eigenvalue weighted by atomic mass is 79.9. The Labute approximate surface area is 83.9 Å². The summed E-state index contributed by atoms with van der Waals surface area (Å²) in [6.45, 7) is 0. The minimum absolute atomic E-state index is 0.309. The molecule has 0 saturated heterocycles. The van der Waals surface area contributed by atoms with Crippen LogP contribution in [-0.4, -0.2) is 12.9 Å². The van der Waals surface area contributed by atoms with E-state index in [-0.39, 0.29) is 5.82 Å². The second kappa shape index (κ2) is 4.34.